The summed E-state index contributed by atoms with van der Waals surface area (Å²) in [6.07, 6.45) is 1.33. The molecule has 1 heterocycles. The molecule has 0 spiro atoms. The van der Waals surface area contributed by atoms with Crippen LogP contribution in [0.25, 0.3) is 0 Å². The normalized spacial score (nSPS) is 12.4. The molecule has 1 aromatic heterocycles. The molecule has 1 atom stereocenters. The number of aryl methyl sites for hydroxylation is 1. The first kappa shape index (κ1) is 12.5. The average molecular weight is 247 g/mol. The molecule has 0 bridgehead atoms. The van der Waals surface area contributed by atoms with E-state index in [0.29, 0.717) is 12.2 Å². The van der Waals surface area contributed by atoms with Crippen LogP contribution >= 0.6 is 0 Å². The standard InChI is InChI=1S/C12H17N5O/c1-17-15-12(14-16-17)8-10(13)7-9-5-3-4-6-11(9)18-2/h3-6,10H,7-8,13H2,1-2H3. The van der Waals surface area contributed by atoms with Crippen LogP contribution in [0.3, 0.4) is 0 Å². The van der Waals surface area contributed by atoms with Crippen molar-refractivity contribution in [2.24, 2.45) is 12.8 Å². The van der Waals surface area contributed by atoms with Crippen LogP contribution in [0.4, 0.5) is 0 Å². The van der Waals surface area contributed by atoms with Crippen LogP contribution in [0.5, 0.6) is 5.75 Å². The van der Waals surface area contributed by atoms with Gasteiger partial charge in [-0.15, -0.1) is 10.2 Å². The van der Waals surface area contributed by atoms with Gasteiger partial charge in [-0.1, -0.05) is 18.2 Å². The highest BCUT2D eigenvalue weighted by Crippen LogP contribution is 2.18. The Morgan fingerprint density at radius 3 is 2.78 bits per heavy atom. The van der Waals surface area contributed by atoms with Crippen molar-refractivity contribution < 1.29 is 4.74 Å². The van der Waals surface area contributed by atoms with Gasteiger partial charge in [0.25, 0.3) is 0 Å². The van der Waals surface area contributed by atoms with E-state index >= 15 is 0 Å². The molecule has 0 saturated carbocycles. The minimum atomic E-state index is -0.0505. The van der Waals surface area contributed by atoms with E-state index in [0.717, 1.165) is 17.7 Å². The van der Waals surface area contributed by atoms with Crippen molar-refractivity contribution in [1.82, 2.24) is 20.2 Å². The molecule has 6 nitrogen and oxygen atoms in total. The molecule has 1 aromatic carbocycles. The van der Waals surface area contributed by atoms with Gasteiger partial charge in [0.2, 0.25) is 0 Å². The van der Waals surface area contributed by atoms with Crippen LogP contribution in [0, 0.1) is 0 Å². The lowest BCUT2D eigenvalue weighted by Crippen LogP contribution is -2.26. The van der Waals surface area contributed by atoms with E-state index in [9.17, 15) is 0 Å². The van der Waals surface area contributed by atoms with Crippen LogP contribution in [0.1, 0.15) is 11.4 Å². The van der Waals surface area contributed by atoms with Gasteiger partial charge in [-0.25, -0.2) is 0 Å². The summed E-state index contributed by atoms with van der Waals surface area (Å²) in [5.41, 5.74) is 7.19. The van der Waals surface area contributed by atoms with E-state index in [1.54, 1.807) is 14.2 Å². The monoisotopic (exact) mass is 247 g/mol. The first-order chi connectivity index (χ1) is 8.69. The third-order valence-corrected chi connectivity index (χ3v) is 2.67. The zero-order chi connectivity index (χ0) is 13.0. The predicted octanol–water partition coefficient (Wildman–Crippen LogP) is 0.331. The summed E-state index contributed by atoms with van der Waals surface area (Å²) in [5, 5.41) is 11.8. The molecule has 0 radical (unpaired) electrons. The van der Waals surface area contributed by atoms with Crippen molar-refractivity contribution >= 4 is 0 Å². The molecule has 0 aliphatic heterocycles. The summed E-state index contributed by atoms with van der Waals surface area (Å²) < 4.78 is 5.30. The maximum Gasteiger partial charge on any atom is 0.176 e. The minimum absolute atomic E-state index is 0.0505. The largest absolute Gasteiger partial charge is 0.496 e. The molecule has 0 aliphatic rings. The van der Waals surface area contributed by atoms with E-state index in [1.165, 1.54) is 4.80 Å². The number of ether oxygens (including phenoxy) is 1. The van der Waals surface area contributed by atoms with Gasteiger partial charge in [-0.2, -0.15) is 4.80 Å². The number of nitrogens with zero attached hydrogens (tertiary/aromatic N) is 4. The molecule has 0 fully saturated rings. The molecule has 2 rings (SSSR count). The third kappa shape index (κ3) is 3.04. The van der Waals surface area contributed by atoms with Crippen molar-refractivity contribution in [3.8, 4) is 5.75 Å². The number of hydrogen-bond donors (Lipinski definition) is 1. The Balaban J connectivity index is 2.00. The van der Waals surface area contributed by atoms with E-state index < -0.39 is 0 Å². The minimum Gasteiger partial charge on any atom is -0.496 e. The van der Waals surface area contributed by atoms with Crippen LogP contribution in [-0.4, -0.2) is 33.4 Å². The molecular formula is C12H17N5O. The van der Waals surface area contributed by atoms with Gasteiger partial charge in [-0.3, -0.25) is 0 Å². The number of tetrazole rings is 1. The van der Waals surface area contributed by atoms with Crippen LogP contribution in [0.2, 0.25) is 0 Å². The topological polar surface area (TPSA) is 78.9 Å². The lowest BCUT2D eigenvalue weighted by atomic mass is 10.0. The Labute approximate surface area is 106 Å². The van der Waals surface area contributed by atoms with Crippen molar-refractivity contribution in [3.63, 3.8) is 0 Å². The number of rotatable bonds is 5. The highest BCUT2D eigenvalue weighted by Gasteiger charge is 2.11. The van der Waals surface area contributed by atoms with Gasteiger partial charge in [0, 0.05) is 12.5 Å². The van der Waals surface area contributed by atoms with Crippen molar-refractivity contribution in [2.75, 3.05) is 7.11 Å². The third-order valence-electron chi connectivity index (χ3n) is 2.67. The number of benzene rings is 1. The summed E-state index contributed by atoms with van der Waals surface area (Å²) in [6.45, 7) is 0. The zero-order valence-electron chi connectivity index (χ0n) is 10.6. The molecule has 18 heavy (non-hydrogen) atoms. The average Bonchev–Trinajstić information content (AvgIpc) is 2.75. The smallest absolute Gasteiger partial charge is 0.176 e. The van der Waals surface area contributed by atoms with E-state index in [-0.39, 0.29) is 6.04 Å². The summed E-state index contributed by atoms with van der Waals surface area (Å²) in [5.74, 6) is 1.53. The second-order valence-electron chi connectivity index (χ2n) is 4.18. The van der Waals surface area contributed by atoms with E-state index in [2.05, 4.69) is 15.4 Å². The molecule has 0 amide bonds. The first-order valence-electron chi connectivity index (χ1n) is 5.79. The van der Waals surface area contributed by atoms with Crippen molar-refractivity contribution in [2.45, 2.75) is 18.9 Å². The Kier molecular flexibility index (Phi) is 3.88. The Morgan fingerprint density at radius 1 is 1.33 bits per heavy atom. The predicted molar refractivity (Wildman–Crippen MR) is 67.2 cm³/mol. The Hall–Kier alpha value is -1.95. The molecule has 2 N–H and O–H groups in total. The zero-order valence-corrected chi connectivity index (χ0v) is 10.6. The molecule has 0 saturated heterocycles. The first-order valence-corrected chi connectivity index (χ1v) is 5.79. The lowest BCUT2D eigenvalue weighted by molar-refractivity contribution is 0.407. The van der Waals surface area contributed by atoms with Gasteiger partial charge < -0.3 is 10.5 Å². The fourth-order valence-corrected chi connectivity index (χ4v) is 1.87. The van der Waals surface area contributed by atoms with Crippen LogP contribution < -0.4 is 10.5 Å². The summed E-state index contributed by atoms with van der Waals surface area (Å²) >= 11 is 0. The van der Waals surface area contributed by atoms with Crippen LogP contribution in [-0.2, 0) is 19.9 Å². The number of para-hydroxylation sites is 1. The highest BCUT2D eigenvalue weighted by atomic mass is 16.5. The van der Waals surface area contributed by atoms with E-state index in [4.69, 9.17) is 10.5 Å². The highest BCUT2D eigenvalue weighted by molar-refractivity contribution is 5.33. The maximum atomic E-state index is 6.10. The fraction of sp³-hybridized carbons (Fsp3) is 0.417. The Bertz CT molecular complexity index is 511. The van der Waals surface area contributed by atoms with E-state index in [1.807, 2.05) is 24.3 Å². The quantitative estimate of drug-likeness (QED) is 0.823. The van der Waals surface area contributed by atoms with Gasteiger partial charge in [0.1, 0.15) is 5.75 Å². The molecular weight excluding hydrogens is 230 g/mol. The van der Waals surface area contributed by atoms with Crippen molar-refractivity contribution in [3.05, 3.63) is 35.7 Å². The molecule has 96 valence electrons. The fourth-order valence-electron chi connectivity index (χ4n) is 1.87. The van der Waals surface area contributed by atoms with Crippen LogP contribution in [0.15, 0.2) is 24.3 Å². The van der Waals surface area contributed by atoms with Gasteiger partial charge in [0.15, 0.2) is 5.82 Å². The second kappa shape index (κ2) is 5.59. The molecule has 2 aromatic rings. The lowest BCUT2D eigenvalue weighted by Gasteiger charge is -2.12. The number of methoxy groups -OCH3 is 1. The second-order valence-corrected chi connectivity index (χ2v) is 4.18. The van der Waals surface area contributed by atoms with Crippen molar-refractivity contribution in [1.29, 1.82) is 0 Å². The summed E-state index contributed by atoms with van der Waals surface area (Å²) in [7, 11) is 3.40. The summed E-state index contributed by atoms with van der Waals surface area (Å²) in [4.78, 5) is 1.44. The number of aromatic nitrogens is 4. The maximum absolute atomic E-state index is 6.10. The molecule has 6 heteroatoms. The van der Waals surface area contributed by atoms with Gasteiger partial charge in [0.05, 0.1) is 14.2 Å². The Morgan fingerprint density at radius 2 is 2.11 bits per heavy atom. The van der Waals surface area contributed by atoms with Gasteiger partial charge >= 0.3 is 0 Å². The molecule has 0 aliphatic carbocycles. The van der Waals surface area contributed by atoms with Gasteiger partial charge in [-0.05, 0) is 23.3 Å². The SMILES string of the molecule is COc1ccccc1CC(N)Cc1nnn(C)n1. The molecule has 1 unspecified atom stereocenters. The summed E-state index contributed by atoms with van der Waals surface area (Å²) in [6, 6.07) is 7.82. The number of hydrogen-bond acceptors (Lipinski definition) is 5. The number of nitrogens with two attached hydrogens (primary N) is 1.